The highest BCUT2D eigenvalue weighted by Gasteiger charge is 2.23. The van der Waals surface area contributed by atoms with E-state index in [1.807, 2.05) is 37.1 Å². The number of imidazole rings is 1. The van der Waals surface area contributed by atoms with E-state index in [0.717, 1.165) is 49.4 Å². The van der Waals surface area contributed by atoms with E-state index in [-0.39, 0.29) is 0 Å². The van der Waals surface area contributed by atoms with Crippen LogP contribution in [0.3, 0.4) is 0 Å². The summed E-state index contributed by atoms with van der Waals surface area (Å²) in [5.41, 5.74) is 3.40. The van der Waals surface area contributed by atoms with Crippen LogP contribution < -0.4 is 0 Å². The first-order chi connectivity index (χ1) is 13.7. The van der Waals surface area contributed by atoms with Gasteiger partial charge < -0.3 is 4.57 Å². The summed E-state index contributed by atoms with van der Waals surface area (Å²) in [6, 6.07) is 4.89. The monoisotopic (exact) mass is 393 g/mol. The first kappa shape index (κ1) is 17.5. The minimum atomic E-state index is 0.421. The zero-order chi connectivity index (χ0) is 19.1. The zero-order valence-electron chi connectivity index (χ0n) is 16.1. The zero-order valence-corrected chi connectivity index (χ0v) is 16.9. The summed E-state index contributed by atoms with van der Waals surface area (Å²) in [6.07, 6.45) is 9.68. The first-order valence-corrected chi connectivity index (χ1v) is 10.4. The molecule has 7 nitrogen and oxygen atoms in total. The van der Waals surface area contributed by atoms with Crippen molar-refractivity contribution in [2.45, 2.75) is 32.4 Å². The van der Waals surface area contributed by atoms with Crippen molar-refractivity contribution in [3.8, 4) is 11.3 Å². The summed E-state index contributed by atoms with van der Waals surface area (Å²) >= 11 is 1.90. The largest absolute Gasteiger partial charge is 0.311 e. The van der Waals surface area contributed by atoms with Crippen molar-refractivity contribution in [3.05, 3.63) is 46.8 Å². The van der Waals surface area contributed by atoms with E-state index in [4.69, 9.17) is 4.98 Å². The van der Waals surface area contributed by atoms with Crippen molar-refractivity contribution in [1.29, 1.82) is 0 Å². The van der Waals surface area contributed by atoms with Gasteiger partial charge in [-0.05, 0) is 31.9 Å². The van der Waals surface area contributed by atoms with Crippen LogP contribution in [0, 0.1) is 6.92 Å². The number of nitrogens with zero attached hydrogens (tertiary/aromatic N) is 7. The number of fused-ring (bicyclic) bond motifs is 1. The SMILES string of the molecule is Cc1ccc(CN2CCC(n3cnc4ncc(-c5cnn(C)c5)nc43)CC2)s1. The van der Waals surface area contributed by atoms with Gasteiger partial charge in [0.1, 0.15) is 0 Å². The number of hydrogen-bond donors (Lipinski definition) is 0. The Morgan fingerprint density at radius 2 is 2.00 bits per heavy atom. The van der Waals surface area contributed by atoms with Gasteiger partial charge in [-0.1, -0.05) is 0 Å². The fraction of sp³-hybridized carbons (Fsp3) is 0.400. The average Bonchev–Trinajstić information content (AvgIpc) is 3.42. The van der Waals surface area contributed by atoms with Crippen molar-refractivity contribution < 1.29 is 0 Å². The third-order valence-corrected chi connectivity index (χ3v) is 6.40. The van der Waals surface area contributed by atoms with E-state index in [1.54, 1.807) is 10.9 Å². The number of hydrogen-bond acceptors (Lipinski definition) is 6. The topological polar surface area (TPSA) is 64.7 Å². The first-order valence-electron chi connectivity index (χ1n) is 9.62. The molecule has 1 saturated heterocycles. The molecular formula is C20H23N7S. The third kappa shape index (κ3) is 3.33. The van der Waals surface area contributed by atoms with Gasteiger partial charge in [-0.15, -0.1) is 11.3 Å². The van der Waals surface area contributed by atoms with Crippen LogP contribution in [-0.4, -0.2) is 47.3 Å². The predicted molar refractivity (Wildman–Crippen MR) is 110 cm³/mol. The molecule has 4 aromatic heterocycles. The maximum absolute atomic E-state index is 4.86. The molecule has 1 aliphatic heterocycles. The Hall–Kier alpha value is -2.58. The van der Waals surface area contributed by atoms with Gasteiger partial charge in [0, 0.05) is 54.2 Å². The Morgan fingerprint density at radius 3 is 2.71 bits per heavy atom. The third-order valence-electron chi connectivity index (χ3n) is 5.41. The lowest BCUT2D eigenvalue weighted by molar-refractivity contribution is 0.182. The van der Waals surface area contributed by atoms with E-state index >= 15 is 0 Å². The molecule has 0 aliphatic carbocycles. The number of thiophene rings is 1. The van der Waals surface area contributed by atoms with Gasteiger partial charge in [0.05, 0.1) is 24.4 Å². The second kappa shape index (κ2) is 7.10. The normalized spacial score (nSPS) is 16.2. The highest BCUT2D eigenvalue weighted by molar-refractivity contribution is 7.11. The molecule has 1 aliphatic rings. The van der Waals surface area contributed by atoms with Crippen LogP contribution in [0.4, 0.5) is 0 Å². The Balaban J connectivity index is 1.33. The van der Waals surface area contributed by atoms with Crippen molar-refractivity contribution in [2.24, 2.45) is 7.05 Å². The number of rotatable bonds is 4. The van der Waals surface area contributed by atoms with Crippen LogP contribution in [-0.2, 0) is 13.6 Å². The van der Waals surface area contributed by atoms with Crippen molar-refractivity contribution in [2.75, 3.05) is 13.1 Å². The number of piperidine rings is 1. The fourth-order valence-electron chi connectivity index (χ4n) is 3.91. The molecule has 0 unspecified atom stereocenters. The summed E-state index contributed by atoms with van der Waals surface area (Å²) in [5, 5.41) is 4.24. The van der Waals surface area contributed by atoms with E-state index in [0.29, 0.717) is 11.7 Å². The summed E-state index contributed by atoms with van der Waals surface area (Å²) in [4.78, 5) is 19.2. The van der Waals surface area contributed by atoms with E-state index in [9.17, 15) is 0 Å². The van der Waals surface area contributed by atoms with E-state index < -0.39 is 0 Å². The van der Waals surface area contributed by atoms with Gasteiger partial charge in [-0.2, -0.15) is 5.10 Å². The van der Waals surface area contributed by atoms with E-state index in [1.165, 1.54) is 9.75 Å². The molecule has 0 spiro atoms. The van der Waals surface area contributed by atoms with Gasteiger partial charge in [0.25, 0.3) is 0 Å². The molecule has 1 fully saturated rings. The fourth-order valence-corrected chi connectivity index (χ4v) is 4.85. The van der Waals surface area contributed by atoms with Gasteiger partial charge >= 0.3 is 0 Å². The molecule has 0 atom stereocenters. The van der Waals surface area contributed by atoms with Gasteiger partial charge in [-0.3, -0.25) is 9.58 Å². The highest BCUT2D eigenvalue weighted by Crippen LogP contribution is 2.28. The molecule has 28 heavy (non-hydrogen) atoms. The number of aryl methyl sites for hydroxylation is 2. The quantitative estimate of drug-likeness (QED) is 0.531. The Labute approximate surface area is 167 Å². The van der Waals surface area contributed by atoms with Crippen molar-refractivity contribution in [3.63, 3.8) is 0 Å². The lowest BCUT2D eigenvalue weighted by atomic mass is 10.0. The van der Waals surface area contributed by atoms with Crippen LogP contribution in [0.1, 0.15) is 28.6 Å². The van der Waals surface area contributed by atoms with Gasteiger partial charge in [0.2, 0.25) is 0 Å². The smallest absolute Gasteiger partial charge is 0.197 e. The second-order valence-electron chi connectivity index (χ2n) is 7.48. The lowest BCUT2D eigenvalue weighted by Crippen LogP contribution is -2.33. The Kier molecular flexibility index (Phi) is 4.44. The van der Waals surface area contributed by atoms with Crippen molar-refractivity contribution >= 4 is 22.6 Å². The number of likely N-dealkylation sites (tertiary alicyclic amines) is 1. The maximum Gasteiger partial charge on any atom is 0.197 e. The van der Waals surface area contributed by atoms with Gasteiger partial charge in [0.15, 0.2) is 11.3 Å². The molecule has 0 radical (unpaired) electrons. The summed E-state index contributed by atoms with van der Waals surface area (Å²) in [7, 11) is 1.91. The minimum Gasteiger partial charge on any atom is -0.311 e. The molecule has 4 aromatic rings. The molecule has 5 rings (SSSR count). The average molecular weight is 394 g/mol. The molecule has 0 amide bonds. The Bertz CT molecular complexity index is 1100. The molecule has 0 bridgehead atoms. The highest BCUT2D eigenvalue weighted by atomic mass is 32.1. The molecule has 8 heteroatoms. The van der Waals surface area contributed by atoms with Crippen molar-refractivity contribution in [1.82, 2.24) is 34.2 Å². The molecule has 0 aromatic carbocycles. The molecule has 0 N–H and O–H groups in total. The van der Waals surface area contributed by atoms with Crippen LogP contribution >= 0.6 is 11.3 Å². The second-order valence-corrected chi connectivity index (χ2v) is 8.85. The summed E-state index contributed by atoms with van der Waals surface area (Å²) < 4.78 is 4.00. The maximum atomic E-state index is 4.86. The van der Waals surface area contributed by atoms with Crippen LogP contribution in [0.25, 0.3) is 22.6 Å². The minimum absolute atomic E-state index is 0.421. The number of aromatic nitrogens is 6. The molecular weight excluding hydrogens is 370 g/mol. The van der Waals surface area contributed by atoms with Crippen LogP contribution in [0.15, 0.2) is 37.1 Å². The van der Waals surface area contributed by atoms with Gasteiger partial charge in [-0.25, -0.2) is 15.0 Å². The molecule has 144 valence electrons. The summed E-state index contributed by atoms with van der Waals surface area (Å²) in [5.74, 6) is 0. The lowest BCUT2D eigenvalue weighted by Gasteiger charge is -2.32. The predicted octanol–water partition coefficient (Wildman–Crippen LogP) is 3.43. The van der Waals surface area contributed by atoms with Crippen LogP contribution in [0.2, 0.25) is 0 Å². The molecule has 5 heterocycles. The summed E-state index contributed by atoms with van der Waals surface area (Å²) in [6.45, 7) is 5.42. The molecule has 0 saturated carbocycles. The van der Waals surface area contributed by atoms with Crippen LogP contribution in [0.5, 0.6) is 0 Å². The Morgan fingerprint density at radius 1 is 1.14 bits per heavy atom. The van der Waals surface area contributed by atoms with E-state index in [2.05, 4.69) is 43.6 Å². The standard InChI is InChI=1S/C20H23N7S/c1-14-3-4-17(28-14)12-26-7-5-16(6-8-26)27-13-22-19-20(27)24-18(10-21-19)15-9-23-25(2)11-15/h3-4,9-11,13,16H,5-8,12H2,1-2H3.